The fraction of sp³-hybridized carbons (Fsp3) is 0.174. The third-order valence-corrected chi connectivity index (χ3v) is 5.14. The number of aryl methyl sites for hydroxylation is 2. The van der Waals surface area contributed by atoms with Gasteiger partial charge in [0.2, 0.25) is 5.91 Å². The molecule has 0 spiro atoms. The van der Waals surface area contributed by atoms with Gasteiger partial charge >= 0.3 is 0 Å². The van der Waals surface area contributed by atoms with Gasteiger partial charge in [-0.25, -0.2) is 14.1 Å². The summed E-state index contributed by atoms with van der Waals surface area (Å²) in [7, 11) is 0. The summed E-state index contributed by atoms with van der Waals surface area (Å²) in [6, 6.07) is 14.0. The van der Waals surface area contributed by atoms with Gasteiger partial charge in [0.1, 0.15) is 12.4 Å². The zero-order valence-corrected chi connectivity index (χ0v) is 16.5. The lowest BCUT2D eigenvalue weighted by atomic mass is 10.0. The Bertz CT molecular complexity index is 1210. The van der Waals surface area contributed by atoms with Crippen molar-refractivity contribution in [2.24, 2.45) is 0 Å². The fourth-order valence-electron chi connectivity index (χ4n) is 3.47. The van der Waals surface area contributed by atoms with Crippen LogP contribution in [0, 0.1) is 26.6 Å². The van der Waals surface area contributed by atoms with Crippen LogP contribution in [0.4, 0.5) is 10.1 Å². The van der Waals surface area contributed by atoms with E-state index in [1.54, 1.807) is 23.0 Å². The van der Waals surface area contributed by atoms with Gasteiger partial charge in [-0.05, 0) is 67.3 Å². The summed E-state index contributed by atoms with van der Waals surface area (Å²) < 4.78 is 14.9. The first kappa shape index (κ1) is 18.8. The maximum absolute atomic E-state index is 13.3. The lowest BCUT2D eigenvalue weighted by molar-refractivity contribution is -0.116. The normalized spacial score (nSPS) is 11.0. The van der Waals surface area contributed by atoms with E-state index in [0.29, 0.717) is 5.65 Å². The Labute approximate surface area is 168 Å². The molecule has 4 aromatic rings. The highest BCUT2D eigenvalue weighted by Crippen LogP contribution is 2.30. The highest BCUT2D eigenvalue weighted by atomic mass is 19.1. The van der Waals surface area contributed by atoms with E-state index in [2.05, 4.69) is 15.4 Å². The number of fused-ring (bicyclic) bond motifs is 1. The number of rotatable bonds is 4. The van der Waals surface area contributed by atoms with Gasteiger partial charge < -0.3 is 5.32 Å². The lowest BCUT2D eigenvalue weighted by Gasteiger charge is -2.10. The molecule has 0 bridgehead atoms. The fourth-order valence-corrected chi connectivity index (χ4v) is 3.47. The van der Waals surface area contributed by atoms with Crippen molar-refractivity contribution < 1.29 is 9.18 Å². The minimum absolute atomic E-state index is 0.0532. The predicted octanol–water partition coefficient (Wildman–Crippen LogP) is 4.80. The molecule has 0 radical (unpaired) electrons. The summed E-state index contributed by atoms with van der Waals surface area (Å²) in [5, 5.41) is 8.35. The molecule has 0 aliphatic carbocycles. The number of nitrogens with one attached hydrogen (secondary N) is 1. The molecule has 0 fully saturated rings. The number of pyridine rings is 1. The monoisotopic (exact) mass is 388 g/mol. The SMILES string of the molecule is Cc1cccc(NC(=O)Cn2nc(C)c3c(-c4ccc(F)cc4)ccnc32)c1C. The second-order valence-corrected chi connectivity index (χ2v) is 7.10. The Morgan fingerprint density at radius 1 is 1.07 bits per heavy atom. The van der Waals surface area contributed by atoms with Crippen LogP contribution in [0.1, 0.15) is 16.8 Å². The van der Waals surface area contributed by atoms with Crippen molar-refractivity contribution >= 4 is 22.6 Å². The maximum atomic E-state index is 13.3. The molecule has 2 aromatic heterocycles. The minimum Gasteiger partial charge on any atom is -0.324 e. The molecule has 5 nitrogen and oxygen atoms in total. The number of anilines is 1. The number of benzene rings is 2. The van der Waals surface area contributed by atoms with E-state index in [4.69, 9.17) is 0 Å². The highest BCUT2D eigenvalue weighted by molar-refractivity contribution is 5.96. The molecule has 0 aliphatic heterocycles. The first-order chi connectivity index (χ1) is 13.9. The minimum atomic E-state index is -0.283. The third kappa shape index (κ3) is 3.61. The molecule has 146 valence electrons. The number of hydrogen-bond acceptors (Lipinski definition) is 3. The molecule has 29 heavy (non-hydrogen) atoms. The first-order valence-corrected chi connectivity index (χ1v) is 9.38. The quantitative estimate of drug-likeness (QED) is 0.546. The van der Waals surface area contributed by atoms with Gasteiger partial charge in [-0.2, -0.15) is 5.10 Å². The van der Waals surface area contributed by atoms with E-state index in [0.717, 1.165) is 39.0 Å². The maximum Gasteiger partial charge on any atom is 0.246 e. The van der Waals surface area contributed by atoms with E-state index >= 15 is 0 Å². The van der Waals surface area contributed by atoms with Crippen LogP contribution in [0.3, 0.4) is 0 Å². The van der Waals surface area contributed by atoms with Gasteiger partial charge in [0.15, 0.2) is 5.65 Å². The number of carbonyl (C=O) groups excluding carboxylic acids is 1. The molecule has 0 unspecified atom stereocenters. The molecule has 6 heteroatoms. The van der Waals surface area contributed by atoms with Gasteiger partial charge in [0.05, 0.1) is 5.69 Å². The Morgan fingerprint density at radius 2 is 1.83 bits per heavy atom. The molecule has 0 aliphatic rings. The molecule has 1 N–H and O–H groups in total. The molecule has 0 atom stereocenters. The van der Waals surface area contributed by atoms with Crippen molar-refractivity contribution in [3.05, 3.63) is 77.4 Å². The van der Waals surface area contributed by atoms with Crippen LogP contribution in [0.5, 0.6) is 0 Å². The lowest BCUT2D eigenvalue weighted by Crippen LogP contribution is -2.20. The van der Waals surface area contributed by atoms with Crippen LogP contribution >= 0.6 is 0 Å². The molecule has 4 rings (SSSR count). The molecule has 2 heterocycles. The molecular weight excluding hydrogens is 367 g/mol. The molecule has 2 aromatic carbocycles. The van der Waals surface area contributed by atoms with Gasteiger partial charge in [-0.1, -0.05) is 24.3 Å². The van der Waals surface area contributed by atoms with Gasteiger partial charge in [0, 0.05) is 17.3 Å². The van der Waals surface area contributed by atoms with Gasteiger partial charge in [-0.15, -0.1) is 0 Å². The van der Waals surface area contributed by atoms with Crippen LogP contribution in [0.25, 0.3) is 22.2 Å². The standard InChI is InChI=1S/C23H21FN4O/c1-14-5-4-6-20(15(14)2)26-21(29)13-28-23-22(16(3)27-28)19(11-12-25-23)17-7-9-18(24)10-8-17/h4-12H,13H2,1-3H3,(H,26,29). The topological polar surface area (TPSA) is 59.8 Å². The zero-order chi connectivity index (χ0) is 20.5. The van der Waals surface area contributed by atoms with Gasteiger partial charge in [0.25, 0.3) is 0 Å². The largest absolute Gasteiger partial charge is 0.324 e. The number of aromatic nitrogens is 3. The number of carbonyl (C=O) groups is 1. The Kier molecular flexibility index (Phi) is 4.84. The summed E-state index contributed by atoms with van der Waals surface area (Å²) in [4.78, 5) is 17.1. The summed E-state index contributed by atoms with van der Waals surface area (Å²) in [5.41, 5.74) is 6.14. The second-order valence-electron chi connectivity index (χ2n) is 7.10. The Hall–Kier alpha value is -3.54. The van der Waals surface area contributed by atoms with Crippen molar-refractivity contribution in [3.63, 3.8) is 0 Å². The van der Waals surface area contributed by atoms with Crippen LogP contribution in [0.15, 0.2) is 54.7 Å². The molecule has 0 saturated carbocycles. The Balaban J connectivity index is 1.67. The predicted molar refractivity (Wildman–Crippen MR) is 112 cm³/mol. The van der Waals surface area contributed by atoms with E-state index in [1.807, 2.05) is 45.0 Å². The Morgan fingerprint density at radius 3 is 2.59 bits per heavy atom. The van der Waals surface area contributed by atoms with Crippen molar-refractivity contribution in [2.75, 3.05) is 5.32 Å². The number of hydrogen-bond donors (Lipinski definition) is 1. The summed E-state index contributed by atoms with van der Waals surface area (Å²) in [5.74, 6) is -0.452. The zero-order valence-electron chi connectivity index (χ0n) is 16.5. The summed E-state index contributed by atoms with van der Waals surface area (Å²) in [6.45, 7) is 5.93. The summed E-state index contributed by atoms with van der Waals surface area (Å²) >= 11 is 0. The van der Waals surface area contributed by atoms with E-state index in [-0.39, 0.29) is 18.3 Å². The number of amides is 1. The van der Waals surface area contributed by atoms with Crippen molar-refractivity contribution in [3.8, 4) is 11.1 Å². The van der Waals surface area contributed by atoms with Crippen LogP contribution in [-0.4, -0.2) is 20.7 Å². The van der Waals surface area contributed by atoms with E-state index in [1.165, 1.54) is 12.1 Å². The van der Waals surface area contributed by atoms with E-state index < -0.39 is 0 Å². The second kappa shape index (κ2) is 7.47. The molecular formula is C23H21FN4O. The molecule has 1 amide bonds. The van der Waals surface area contributed by atoms with Crippen LogP contribution in [-0.2, 0) is 11.3 Å². The van der Waals surface area contributed by atoms with Gasteiger partial charge in [-0.3, -0.25) is 4.79 Å². The number of nitrogens with zero attached hydrogens (tertiary/aromatic N) is 3. The number of halogens is 1. The van der Waals surface area contributed by atoms with Crippen molar-refractivity contribution in [1.29, 1.82) is 0 Å². The van der Waals surface area contributed by atoms with Crippen LogP contribution < -0.4 is 5.32 Å². The first-order valence-electron chi connectivity index (χ1n) is 9.38. The van der Waals surface area contributed by atoms with Crippen LogP contribution in [0.2, 0.25) is 0 Å². The molecule has 0 saturated heterocycles. The average Bonchev–Trinajstić information content (AvgIpc) is 3.02. The smallest absolute Gasteiger partial charge is 0.246 e. The van der Waals surface area contributed by atoms with E-state index in [9.17, 15) is 9.18 Å². The highest BCUT2D eigenvalue weighted by Gasteiger charge is 2.16. The average molecular weight is 388 g/mol. The van der Waals surface area contributed by atoms with Crippen molar-refractivity contribution in [2.45, 2.75) is 27.3 Å². The third-order valence-electron chi connectivity index (χ3n) is 5.14. The van der Waals surface area contributed by atoms with Crippen molar-refractivity contribution in [1.82, 2.24) is 14.8 Å². The summed E-state index contributed by atoms with van der Waals surface area (Å²) in [6.07, 6.45) is 1.68.